The van der Waals surface area contributed by atoms with Gasteiger partial charge in [-0.2, -0.15) is 5.21 Å². The van der Waals surface area contributed by atoms with Gasteiger partial charge in [-0.1, -0.05) is 12.1 Å². The summed E-state index contributed by atoms with van der Waals surface area (Å²) in [6.07, 6.45) is 0. The van der Waals surface area contributed by atoms with Gasteiger partial charge in [0.2, 0.25) is 15.8 Å². The van der Waals surface area contributed by atoms with Gasteiger partial charge in [-0.15, -0.1) is 10.2 Å². The minimum atomic E-state index is -4.52. The van der Waals surface area contributed by atoms with Crippen LogP contribution in [0.2, 0.25) is 0 Å². The largest absolute Gasteiger partial charge is 0.369 e. The second kappa shape index (κ2) is 7.06. The number of sulfone groups is 1. The summed E-state index contributed by atoms with van der Waals surface area (Å²) in [6, 6.07) is 7.84. The number of nitrogens with two attached hydrogens (primary N) is 2. The highest BCUT2D eigenvalue weighted by atomic mass is 32.2. The van der Waals surface area contributed by atoms with E-state index in [0.717, 1.165) is 0 Å². The molecule has 0 amide bonds. The van der Waals surface area contributed by atoms with Crippen LogP contribution < -0.4 is 16.2 Å². The summed E-state index contributed by atoms with van der Waals surface area (Å²) in [4.78, 5) is 6.07. The third-order valence-corrected chi connectivity index (χ3v) is 8.56. The van der Waals surface area contributed by atoms with E-state index in [2.05, 4.69) is 35.9 Å². The number of hydrogen-bond donors (Lipinski definition) is 5. The molecule has 1 saturated heterocycles. The molecule has 15 heteroatoms. The molecule has 0 aliphatic carbocycles. The Morgan fingerprint density at radius 1 is 1.06 bits per heavy atom. The number of nitrogens with zero attached hydrogens (tertiary/aromatic N) is 4. The molecule has 0 atom stereocenters. The molecule has 166 valence electrons. The summed E-state index contributed by atoms with van der Waals surface area (Å²) < 4.78 is 51.8. The first-order valence-electron chi connectivity index (χ1n) is 9.30. The Labute approximate surface area is 181 Å². The van der Waals surface area contributed by atoms with Crippen LogP contribution in [0.5, 0.6) is 0 Å². The lowest BCUT2D eigenvalue weighted by molar-refractivity contribution is 0.493. The van der Waals surface area contributed by atoms with Gasteiger partial charge in [0.15, 0.2) is 15.8 Å². The zero-order valence-corrected chi connectivity index (χ0v) is 17.9. The molecule has 2 aromatic carbocycles. The number of fused-ring (bicyclic) bond motifs is 1. The first kappa shape index (κ1) is 20.5. The van der Waals surface area contributed by atoms with Crippen LogP contribution in [-0.4, -0.2) is 65.8 Å². The molecule has 1 aliphatic heterocycles. The van der Waals surface area contributed by atoms with E-state index >= 15 is 0 Å². The van der Waals surface area contributed by atoms with Gasteiger partial charge in [0.1, 0.15) is 4.90 Å². The molecule has 7 N–H and O–H groups in total. The van der Waals surface area contributed by atoms with Crippen molar-refractivity contribution in [3.05, 3.63) is 30.3 Å². The van der Waals surface area contributed by atoms with Crippen LogP contribution in [0.3, 0.4) is 0 Å². The van der Waals surface area contributed by atoms with Crippen molar-refractivity contribution < 1.29 is 16.8 Å². The standard InChI is InChI=1S/C17H17N9O4S2/c18-17-21-11-3-1-8(5-12(11)22-17)10-2-4-13(31(27,28)9-6-20-7-9)15(32(19,29)30)14(10)16-23-25-26-24-16/h1-5,9,20H,6-7H2,(H3,18,21,22)(H2,19,29,30)(H,23,24,25,26). The second-order valence-corrected chi connectivity index (χ2v) is 11.0. The number of primary sulfonamides is 1. The average molecular weight is 476 g/mol. The molecule has 2 aromatic heterocycles. The number of nitrogen functional groups attached to an aromatic ring is 1. The fourth-order valence-electron chi connectivity index (χ4n) is 3.66. The van der Waals surface area contributed by atoms with Crippen molar-refractivity contribution in [2.24, 2.45) is 5.14 Å². The predicted molar refractivity (Wildman–Crippen MR) is 114 cm³/mol. The molecule has 0 spiro atoms. The van der Waals surface area contributed by atoms with Gasteiger partial charge in [0.05, 0.1) is 26.7 Å². The Balaban J connectivity index is 1.85. The van der Waals surface area contributed by atoms with E-state index < -0.39 is 34.9 Å². The highest BCUT2D eigenvalue weighted by Crippen LogP contribution is 2.40. The van der Waals surface area contributed by atoms with Gasteiger partial charge in [-0.25, -0.2) is 27.0 Å². The van der Waals surface area contributed by atoms with Gasteiger partial charge in [-0.05, 0) is 34.5 Å². The molecule has 1 fully saturated rings. The van der Waals surface area contributed by atoms with Crippen molar-refractivity contribution in [1.82, 2.24) is 35.9 Å². The number of nitrogens with one attached hydrogen (secondary N) is 3. The number of aromatic amines is 2. The summed E-state index contributed by atoms with van der Waals surface area (Å²) in [5.41, 5.74) is 7.75. The zero-order valence-electron chi connectivity index (χ0n) is 16.3. The third kappa shape index (κ3) is 3.22. The Morgan fingerprint density at radius 2 is 1.84 bits per heavy atom. The maximum absolute atomic E-state index is 13.2. The number of benzene rings is 2. The molecule has 0 unspecified atom stereocenters. The van der Waals surface area contributed by atoms with Crippen molar-refractivity contribution in [3.8, 4) is 22.5 Å². The fourth-order valence-corrected chi connectivity index (χ4v) is 6.84. The molecule has 0 radical (unpaired) electrons. The highest BCUT2D eigenvalue weighted by Gasteiger charge is 2.38. The molecule has 13 nitrogen and oxygen atoms in total. The average Bonchev–Trinajstić information content (AvgIpc) is 3.32. The monoisotopic (exact) mass is 475 g/mol. The zero-order chi connectivity index (χ0) is 22.7. The Morgan fingerprint density at radius 3 is 2.47 bits per heavy atom. The SMILES string of the molecule is Nc1nc2ccc(-c3ccc(S(=O)(=O)C4CNC4)c(S(N)(=O)=O)c3-c3nn[nH]n3)cc2[nH]1. The van der Waals surface area contributed by atoms with E-state index in [4.69, 9.17) is 10.9 Å². The number of sulfonamides is 1. The van der Waals surface area contributed by atoms with Crippen LogP contribution in [0, 0.1) is 0 Å². The molecule has 4 aromatic rings. The molecular formula is C17H17N9O4S2. The number of anilines is 1. The molecule has 3 heterocycles. The number of rotatable bonds is 5. The van der Waals surface area contributed by atoms with E-state index in [1.807, 2.05) is 0 Å². The number of aromatic nitrogens is 6. The minimum Gasteiger partial charge on any atom is -0.369 e. The number of H-pyrrole nitrogens is 2. The lowest BCUT2D eigenvalue weighted by atomic mass is 9.98. The maximum Gasteiger partial charge on any atom is 0.240 e. The smallest absolute Gasteiger partial charge is 0.240 e. The van der Waals surface area contributed by atoms with Crippen LogP contribution in [0.4, 0.5) is 5.95 Å². The van der Waals surface area contributed by atoms with Gasteiger partial charge >= 0.3 is 0 Å². The molecule has 0 saturated carbocycles. The topological polar surface area (TPSA) is 215 Å². The summed E-state index contributed by atoms with van der Waals surface area (Å²) in [7, 11) is -8.52. The fraction of sp³-hybridized carbons (Fsp3) is 0.176. The van der Waals surface area contributed by atoms with Crippen molar-refractivity contribution in [3.63, 3.8) is 0 Å². The highest BCUT2D eigenvalue weighted by molar-refractivity contribution is 7.94. The number of imidazole rings is 1. The van der Waals surface area contributed by atoms with E-state index in [1.165, 1.54) is 12.1 Å². The van der Waals surface area contributed by atoms with E-state index in [9.17, 15) is 16.8 Å². The second-order valence-electron chi connectivity index (χ2n) is 7.28. The first-order valence-corrected chi connectivity index (χ1v) is 12.4. The van der Waals surface area contributed by atoms with E-state index in [1.54, 1.807) is 18.2 Å². The van der Waals surface area contributed by atoms with Gasteiger partial charge < -0.3 is 16.0 Å². The summed E-state index contributed by atoms with van der Waals surface area (Å²) in [6.45, 7) is 0.424. The van der Waals surface area contributed by atoms with Crippen LogP contribution in [0.1, 0.15) is 0 Å². The molecule has 32 heavy (non-hydrogen) atoms. The summed E-state index contributed by atoms with van der Waals surface area (Å²) in [5.74, 6) is 0.105. The van der Waals surface area contributed by atoms with Crippen molar-refractivity contribution >= 4 is 36.8 Å². The van der Waals surface area contributed by atoms with Crippen molar-refractivity contribution in [1.29, 1.82) is 0 Å². The van der Waals surface area contributed by atoms with Crippen LogP contribution >= 0.6 is 0 Å². The molecular weight excluding hydrogens is 458 g/mol. The van der Waals surface area contributed by atoms with E-state index in [0.29, 0.717) is 22.2 Å². The molecule has 1 aliphatic rings. The van der Waals surface area contributed by atoms with Crippen LogP contribution in [0.15, 0.2) is 40.1 Å². The Kier molecular flexibility index (Phi) is 4.52. The minimum absolute atomic E-state index is 0.0681. The quantitative estimate of drug-likeness (QED) is 0.246. The van der Waals surface area contributed by atoms with Gasteiger partial charge in [0, 0.05) is 13.1 Å². The lowest BCUT2D eigenvalue weighted by Gasteiger charge is -2.28. The van der Waals surface area contributed by atoms with Gasteiger partial charge in [-0.3, -0.25) is 0 Å². The van der Waals surface area contributed by atoms with Gasteiger partial charge in [0.25, 0.3) is 0 Å². The van der Waals surface area contributed by atoms with Crippen molar-refractivity contribution in [2.75, 3.05) is 18.8 Å². The summed E-state index contributed by atoms with van der Waals surface area (Å²) in [5, 5.41) is 21.2. The molecule has 5 rings (SSSR count). The Bertz CT molecular complexity index is 1560. The maximum atomic E-state index is 13.2. The predicted octanol–water partition coefficient (Wildman–Crippen LogP) is -0.615. The normalized spacial score (nSPS) is 15.2. The lowest BCUT2D eigenvalue weighted by Crippen LogP contribution is -2.51. The first-order chi connectivity index (χ1) is 15.2. The van der Waals surface area contributed by atoms with E-state index in [-0.39, 0.29) is 30.4 Å². The van der Waals surface area contributed by atoms with Crippen molar-refractivity contribution in [2.45, 2.75) is 15.0 Å². The number of hydrogen-bond acceptors (Lipinski definition) is 10. The molecule has 0 bridgehead atoms. The van der Waals surface area contributed by atoms with Crippen LogP contribution in [0.25, 0.3) is 33.5 Å². The van der Waals surface area contributed by atoms with Crippen LogP contribution in [-0.2, 0) is 19.9 Å². The third-order valence-electron chi connectivity index (χ3n) is 5.28. The Hall–Kier alpha value is -3.40. The number of tetrazole rings is 1. The summed E-state index contributed by atoms with van der Waals surface area (Å²) >= 11 is 0.